The standard InChI is InChI=1S/C12H16N2O2S/c1-12(2)11(16)14-8-4-3-7(9(15)6-13)5-10(8)17-12/h3-5,9,15H,6,13H2,1-2H3,(H,14,16). The molecule has 1 amide bonds. The highest BCUT2D eigenvalue weighted by atomic mass is 32.2. The summed E-state index contributed by atoms with van der Waals surface area (Å²) in [4.78, 5) is 12.7. The van der Waals surface area contributed by atoms with E-state index in [0.717, 1.165) is 16.1 Å². The molecule has 92 valence electrons. The van der Waals surface area contributed by atoms with Gasteiger partial charge < -0.3 is 16.2 Å². The molecule has 0 aliphatic carbocycles. The molecule has 0 radical (unpaired) electrons. The Morgan fingerprint density at radius 3 is 2.88 bits per heavy atom. The quantitative estimate of drug-likeness (QED) is 0.745. The Kier molecular flexibility index (Phi) is 3.16. The monoisotopic (exact) mass is 252 g/mol. The first-order chi connectivity index (χ1) is 7.94. The fourth-order valence-corrected chi connectivity index (χ4v) is 2.78. The number of nitrogens with one attached hydrogen (secondary N) is 1. The maximum Gasteiger partial charge on any atom is 0.240 e. The molecular formula is C12H16N2O2S. The normalized spacial score (nSPS) is 19.4. The van der Waals surface area contributed by atoms with Crippen LogP contribution in [0.5, 0.6) is 0 Å². The number of amides is 1. The van der Waals surface area contributed by atoms with Gasteiger partial charge in [0, 0.05) is 11.4 Å². The molecule has 5 heteroatoms. The maximum absolute atomic E-state index is 11.8. The van der Waals surface area contributed by atoms with Crippen LogP contribution in [0.2, 0.25) is 0 Å². The summed E-state index contributed by atoms with van der Waals surface area (Å²) in [5.74, 6) is 0.00197. The number of hydrogen-bond donors (Lipinski definition) is 3. The number of thioether (sulfide) groups is 1. The molecule has 1 aliphatic heterocycles. The molecule has 1 unspecified atom stereocenters. The molecule has 0 spiro atoms. The fourth-order valence-electron chi connectivity index (χ4n) is 1.66. The second-order valence-corrected chi connectivity index (χ2v) is 6.24. The van der Waals surface area contributed by atoms with E-state index < -0.39 is 10.9 Å². The van der Waals surface area contributed by atoms with Crippen LogP contribution in [0, 0.1) is 0 Å². The van der Waals surface area contributed by atoms with Crippen LogP contribution in [0.1, 0.15) is 25.5 Å². The van der Waals surface area contributed by atoms with E-state index in [1.807, 2.05) is 26.0 Å². The Bertz CT molecular complexity index is 460. The largest absolute Gasteiger partial charge is 0.387 e. The molecule has 17 heavy (non-hydrogen) atoms. The van der Waals surface area contributed by atoms with E-state index in [-0.39, 0.29) is 12.5 Å². The number of carbonyl (C=O) groups is 1. The van der Waals surface area contributed by atoms with Crippen LogP contribution < -0.4 is 11.1 Å². The lowest BCUT2D eigenvalue weighted by Crippen LogP contribution is -2.37. The van der Waals surface area contributed by atoms with Gasteiger partial charge in [0.25, 0.3) is 0 Å². The zero-order valence-electron chi connectivity index (χ0n) is 9.86. The van der Waals surface area contributed by atoms with E-state index in [9.17, 15) is 9.90 Å². The molecule has 0 fully saturated rings. The minimum Gasteiger partial charge on any atom is -0.387 e. The van der Waals surface area contributed by atoms with Crippen molar-refractivity contribution in [2.24, 2.45) is 5.73 Å². The van der Waals surface area contributed by atoms with E-state index in [0.29, 0.717) is 0 Å². The van der Waals surface area contributed by atoms with Crippen molar-refractivity contribution < 1.29 is 9.90 Å². The molecule has 1 heterocycles. The van der Waals surface area contributed by atoms with Crippen LogP contribution in [-0.2, 0) is 4.79 Å². The average Bonchev–Trinajstić information content (AvgIpc) is 2.28. The molecule has 0 aromatic heterocycles. The zero-order valence-corrected chi connectivity index (χ0v) is 10.7. The highest BCUT2D eigenvalue weighted by Crippen LogP contribution is 2.42. The van der Waals surface area contributed by atoms with Crippen LogP contribution in [-0.4, -0.2) is 22.3 Å². The van der Waals surface area contributed by atoms with E-state index in [4.69, 9.17) is 5.73 Å². The summed E-state index contributed by atoms with van der Waals surface area (Å²) in [6, 6.07) is 5.48. The Hall–Kier alpha value is -1.04. The molecule has 0 bridgehead atoms. The molecule has 0 saturated heterocycles. The molecule has 2 rings (SSSR count). The van der Waals surface area contributed by atoms with Gasteiger partial charge in [-0.05, 0) is 31.5 Å². The zero-order chi connectivity index (χ0) is 12.6. The summed E-state index contributed by atoms with van der Waals surface area (Å²) < 4.78 is -0.487. The first-order valence-corrected chi connectivity index (χ1v) is 6.28. The number of anilines is 1. The molecule has 1 aliphatic rings. The van der Waals surface area contributed by atoms with Gasteiger partial charge in [0.15, 0.2) is 0 Å². The number of rotatable bonds is 2. The summed E-state index contributed by atoms with van der Waals surface area (Å²) in [5, 5.41) is 12.6. The van der Waals surface area contributed by atoms with Crippen molar-refractivity contribution in [3.8, 4) is 0 Å². The summed E-state index contributed by atoms with van der Waals surface area (Å²) >= 11 is 1.50. The minimum atomic E-state index is -0.651. The summed E-state index contributed by atoms with van der Waals surface area (Å²) in [7, 11) is 0. The van der Waals surface area contributed by atoms with Gasteiger partial charge in [-0.3, -0.25) is 4.79 Å². The first-order valence-electron chi connectivity index (χ1n) is 5.46. The highest BCUT2D eigenvalue weighted by Gasteiger charge is 2.34. The summed E-state index contributed by atoms with van der Waals surface area (Å²) in [5.41, 5.74) is 7.01. The SMILES string of the molecule is CC1(C)Sc2cc(C(O)CN)ccc2NC1=O. The van der Waals surface area contributed by atoms with Crippen LogP contribution >= 0.6 is 11.8 Å². The maximum atomic E-state index is 11.8. The number of hydrogen-bond acceptors (Lipinski definition) is 4. The second-order valence-electron chi connectivity index (χ2n) is 4.57. The van der Waals surface area contributed by atoms with Crippen LogP contribution in [0.4, 0.5) is 5.69 Å². The lowest BCUT2D eigenvalue weighted by molar-refractivity contribution is -0.117. The van der Waals surface area contributed by atoms with Gasteiger partial charge in [-0.25, -0.2) is 0 Å². The predicted molar refractivity (Wildman–Crippen MR) is 69.0 cm³/mol. The second kappa shape index (κ2) is 4.33. The van der Waals surface area contributed by atoms with Gasteiger partial charge in [0.2, 0.25) is 5.91 Å². The van der Waals surface area contributed by atoms with Gasteiger partial charge in [-0.15, -0.1) is 11.8 Å². The van der Waals surface area contributed by atoms with Crippen molar-refractivity contribution in [1.29, 1.82) is 0 Å². The molecule has 0 saturated carbocycles. The lowest BCUT2D eigenvalue weighted by atomic mass is 10.1. The number of aliphatic hydroxyl groups excluding tert-OH is 1. The van der Waals surface area contributed by atoms with Gasteiger partial charge in [0.05, 0.1) is 16.5 Å². The van der Waals surface area contributed by atoms with Crippen LogP contribution in [0.3, 0.4) is 0 Å². The van der Waals surface area contributed by atoms with Crippen molar-refractivity contribution in [3.05, 3.63) is 23.8 Å². The smallest absolute Gasteiger partial charge is 0.240 e. The average molecular weight is 252 g/mol. The Labute approximate surface area is 105 Å². The lowest BCUT2D eigenvalue weighted by Gasteiger charge is -2.30. The van der Waals surface area contributed by atoms with Gasteiger partial charge in [-0.1, -0.05) is 6.07 Å². The van der Waals surface area contributed by atoms with Crippen molar-refractivity contribution >= 4 is 23.4 Å². The molecule has 1 atom stereocenters. The summed E-state index contributed by atoms with van der Waals surface area (Å²) in [6.45, 7) is 3.95. The number of nitrogens with two attached hydrogens (primary N) is 1. The van der Waals surface area contributed by atoms with E-state index in [1.165, 1.54) is 11.8 Å². The van der Waals surface area contributed by atoms with Crippen LogP contribution in [0.15, 0.2) is 23.1 Å². The molecule has 1 aromatic carbocycles. The van der Waals surface area contributed by atoms with Crippen molar-refractivity contribution in [2.75, 3.05) is 11.9 Å². The molecule has 4 nitrogen and oxygen atoms in total. The predicted octanol–water partition coefficient (Wildman–Crippen LogP) is 1.50. The third-order valence-corrected chi connectivity index (χ3v) is 4.03. The number of carbonyl (C=O) groups excluding carboxylic acids is 1. The molecule has 1 aromatic rings. The van der Waals surface area contributed by atoms with Crippen molar-refractivity contribution in [2.45, 2.75) is 29.6 Å². The Balaban J connectivity index is 2.37. The third-order valence-electron chi connectivity index (χ3n) is 2.77. The number of aliphatic hydroxyl groups is 1. The first kappa shape index (κ1) is 12.4. The summed E-state index contributed by atoms with van der Waals surface area (Å²) in [6.07, 6.45) is -0.651. The number of fused-ring (bicyclic) bond motifs is 1. The van der Waals surface area contributed by atoms with Gasteiger partial charge in [-0.2, -0.15) is 0 Å². The Morgan fingerprint density at radius 1 is 1.53 bits per heavy atom. The Morgan fingerprint density at radius 2 is 2.24 bits per heavy atom. The van der Waals surface area contributed by atoms with E-state index >= 15 is 0 Å². The van der Waals surface area contributed by atoms with Gasteiger partial charge >= 0.3 is 0 Å². The number of benzene rings is 1. The highest BCUT2D eigenvalue weighted by molar-refractivity contribution is 8.01. The third kappa shape index (κ3) is 2.31. The van der Waals surface area contributed by atoms with Crippen molar-refractivity contribution in [3.63, 3.8) is 0 Å². The van der Waals surface area contributed by atoms with Crippen LogP contribution in [0.25, 0.3) is 0 Å². The minimum absolute atomic E-state index is 0.00197. The fraction of sp³-hybridized carbons (Fsp3) is 0.417. The topological polar surface area (TPSA) is 75.3 Å². The molecule has 4 N–H and O–H groups in total. The van der Waals surface area contributed by atoms with E-state index in [2.05, 4.69) is 5.32 Å². The van der Waals surface area contributed by atoms with E-state index in [1.54, 1.807) is 6.07 Å². The van der Waals surface area contributed by atoms with Gasteiger partial charge in [0.1, 0.15) is 0 Å². The van der Waals surface area contributed by atoms with Crippen molar-refractivity contribution in [1.82, 2.24) is 0 Å². The molecular weight excluding hydrogens is 236 g/mol.